The Morgan fingerprint density at radius 2 is 2.08 bits per heavy atom. The molecule has 3 aliphatic rings. The lowest BCUT2D eigenvalue weighted by Crippen LogP contribution is -2.39. The average molecular weight is 363 g/mol. The second-order valence-corrected chi connectivity index (χ2v) is 7.10. The number of amidine groups is 1. The molecule has 6 nitrogen and oxygen atoms in total. The van der Waals surface area contributed by atoms with E-state index in [2.05, 4.69) is 17.1 Å². The fraction of sp³-hybridized carbons (Fsp3) is 0.438. The van der Waals surface area contributed by atoms with Crippen molar-refractivity contribution < 1.29 is 9.47 Å². The van der Waals surface area contributed by atoms with Crippen molar-refractivity contribution in [3.63, 3.8) is 0 Å². The Morgan fingerprint density at radius 1 is 1.33 bits per heavy atom. The largest absolute Gasteiger partial charge is 0.386 e. The minimum atomic E-state index is -1.57. The SMILES string of the molecule is C[C@@H]1CO[C@@]2(N=C(N)[C@@]3(C#N)[C@@H](c4ccc(Cl)cc4Cl)[C@@]23C#N)O1. The molecule has 0 bridgehead atoms. The highest BCUT2D eigenvalue weighted by Gasteiger charge is 2.94. The van der Waals surface area contributed by atoms with E-state index in [0.717, 1.165) is 0 Å². The summed E-state index contributed by atoms with van der Waals surface area (Å²) in [6.07, 6.45) is -0.261. The topological polar surface area (TPSA) is 104 Å². The number of ether oxygens (including phenoxy) is 2. The van der Waals surface area contributed by atoms with E-state index in [-0.39, 0.29) is 18.5 Å². The van der Waals surface area contributed by atoms with Crippen molar-refractivity contribution >= 4 is 29.0 Å². The highest BCUT2D eigenvalue weighted by molar-refractivity contribution is 6.35. The summed E-state index contributed by atoms with van der Waals surface area (Å²) in [4.78, 5) is 4.25. The van der Waals surface area contributed by atoms with E-state index in [0.29, 0.717) is 15.6 Å². The molecule has 2 aliphatic heterocycles. The summed E-state index contributed by atoms with van der Waals surface area (Å²) in [5, 5.41) is 20.7. The Kier molecular flexibility index (Phi) is 3.02. The number of benzene rings is 1. The van der Waals surface area contributed by atoms with Crippen LogP contribution in [0.1, 0.15) is 18.4 Å². The average Bonchev–Trinajstić information content (AvgIpc) is 2.90. The van der Waals surface area contributed by atoms with Gasteiger partial charge in [0.15, 0.2) is 5.41 Å². The molecule has 1 aromatic rings. The maximum Gasteiger partial charge on any atom is 0.293 e. The van der Waals surface area contributed by atoms with E-state index in [1.807, 2.05) is 6.92 Å². The van der Waals surface area contributed by atoms with Crippen molar-refractivity contribution in [2.24, 2.45) is 21.6 Å². The number of nitriles is 2. The smallest absolute Gasteiger partial charge is 0.293 e. The first-order valence-corrected chi connectivity index (χ1v) is 8.09. The molecule has 0 radical (unpaired) electrons. The van der Waals surface area contributed by atoms with E-state index in [1.165, 1.54) is 0 Å². The van der Waals surface area contributed by atoms with Crippen LogP contribution in [0, 0.1) is 33.5 Å². The summed E-state index contributed by atoms with van der Waals surface area (Å²) in [5.41, 5.74) is 3.98. The second-order valence-electron chi connectivity index (χ2n) is 6.26. The van der Waals surface area contributed by atoms with Crippen molar-refractivity contribution in [3.8, 4) is 12.1 Å². The third-order valence-electron chi connectivity index (χ3n) is 5.08. The van der Waals surface area contributed by atoms with Crippen LogP contribution in [0.25, 0.3) is 0 Å². The van der Waals surface area contributed by atoms with E-state index in [1.54, 1.807) is 18.2 Å². The number of nitrogens with two attached hydrogens (primary N) is 1. The summed E-state index contributed by atoms with van der Waals surface area (Å²) in [7, 11) is 0. The fourth-order valence-corrected chi connectivity index (χ4v) is 4.58. The molecular formula is C16H12Cl2N4O2. The van der Waals surface area contributed by atoms with Gasteiger partial charge in [0, 0.05) is 16.0 Å². The summed E-state index contributed by atoms with van der Waals surface area (Å²) in [6, 6.07) is 9.33. The van der Waals surface area contributed by atoms with Crippen molar-refractivity contribution in [1.82, 2.24) is 0 Å². The van der Waals surface area contributed by atoms with Gasteiger partial charge in [-0.05, 0) is 24.6 Å². The van der Waals surface area contributed by atoms with Gasteiger partial charge in [0.05, 0.1) is 24.8 Å². The third-order valence-corrected chi connectivity index (χ3v) is 5.64. The predicted octanol–water partition coefficient (Wildman–Crippen LogP) is 2.57. The first kappa shape index (κ1) is 15.7. The number of nitrogens with zero attached hydrogens (tertiary/aromatic N) is 3. The molecule has 0 aromatic heterocycles. The quantitative estimate of drug-likeness (QED) is 0.826. The second kappa shape index (κ2) is 4.62. The molecule has 1 aliphatic carbocycles. The van der Waals surface area contributed by atoms with E-state index in [4.69, 9.17) is 38.4 Å². The van der Waals surface area contributed by atoms with Crippen LogP contribution in [0.4, 0.5) is 0 Å². The van der Waals surface area contributed by atoms with Crippen LogP contribution in [-0.4, -0.2) is 24.5 Å². The number of hydrogen-bond acceptors (Lipinski definition) is 6. The third kappa shape index (κ3) is 1.46. The maximum absolute atomic E-state index is 10.0. The lowest BCUT2D eigenvalue weighted by atomic mass is 9.94. The molecular weight excluding hydrogens is 351 g/mol. The van der Waals surface area contributed by atoms with Gasteiger partial charge in [-0.2, -0.15) is 10.5 Å². The van der Waals surface area contributed by atoms with E-state index < -0.39 is 22.7 Å². The van der Waals surface area contributed by atoms with Gasteiger partial charge in [0.2, 0.25) is 0 Å². The molecule has 0 amide bonds. The van der Waals surface area contributed by atoms with Crippen LogP contribution in [0.5, 0.6) is 0 Å². The molecule has 1 saturated carbocycles. The van der Waals surface area contributed by atoms with Gasteiger partial charge in [-0.25, -0.2) is 4.99 Å². The molecule has 8 heteroatoms. The number of aliphatic imine (C=N–C) groups is 1. The molecule has 122 valence electrons. The summed E-state index contributed by atoms with van der Waals surface area (Å²) in [5.74, 6) is -2.14. The molecule has 0 unspecified atom stereocenters. The summed E-state index contributed by atoms with van der Waals surface area (Å²) < 4.78 is 11.6. The van der Waals surface area contributed by atoms with Crippen LogP contribution in [-0.2, 0) is 9.47 Å². The lowest BCUT2D eigenvalue weighted by Gasteiger charge is -2.26. The van der Waals surface area contributed by atoms with Crippen LogP contribution >= 0.6 is 23.2 Å². The van der Waals surface area contributed by atoms with Crippen molar-refractivity contribution in [3.05, 3.63) is 33.8 Å². The predicted molar refractivity (Wildman–Crippen MR) is 86.1 cm³/mol. The Morgan fingerprint density at radius 3 is 2.62 bits per heavy atom. The van der Waals surface area contributed by atoms with Gasteiger partial charge in [-0.15, -0.1) is 0 Å². The Labute approximate surface area is 148 Å². The van der Waals surface area contributed by atoms with E-state index in [9.17, 15) is 10.5 Å². The van der Waals surface area contributed by atoms with Gasteiger partial charge in [-0.3, -0.25) is 0 Å². The van der Waals surface area contributed by atoms with Crippen LogP contribution in [0.3, 0.4) is 0 Å². The highest BCUT2D eigenvalue weighted by Crippen LogP contribution is 2.83. The normalized spacial score (nSPS) is 42.3. The molecule has 24 heavy (non-hydrogen) atoms. The molecule has 1 saturated heterocycles. The zero-order valence-electron chi connectivity index (χ0n) is 12.6. The first-order chi connectivity index (χ1) is 11.4. The van der Waals surface area contributed by atoms with Crippen LogP contribution in [0.2, 0.25) is 10.0 Å². The molecule has 5 atom stereocenters. The molecule has 2 N–H and O–H groups in total. The summed E-state index contributed by atoms with van der Waals surface area (Å²) >= 11 is 12.3. The molecule has 1 aromatic carbocycles. The molecule has 2 fully saturated rings. The van der Waals surface area contributed by atoms with Gasteiger partial charge >= 0.3 is 0 Å². The van der Waals surface area contributed by atoms with Crippen LogP contribution < -0.4 is 5.73 Å². The number of rotatable bonds is 1. The zero-order valence-corrected chi connectivity index (χ0v) is 14.1. The van der Waals surface area contributed by atoms with Gasteiger partial charge in [0.1, 0.15) is 11.3 Å². The molecule has 1 spiro atoms. The number of halogens is 2. The Bertz CT molecular complexity index is 876. The molecule has 4 rings (SSSR count). The lowest BCUT2D eigenvalue weighted by molar-refractivity contribution is -0.193. The fourth-order valence-electron chi connectivity index (χ4n) is 4.06. The van der Waals surface area contributed by atoms with E-state index >= 15 is 0 Å². The van der Waals surface area contributed by atoms with Crippen molar-refractivity contribution in [2.45, 2.75) is 24.9 Å². The van der Waals surface area contributed by atoms with Crippen LogP contribution in [0.15, 0.2) is 23.2 Å². The highest BCUT2D eigenvalue weighted by atomic mass is 35.5. The minimum Gasteiger partial charge on any atom is -0.386 e. The monoisotopic (exact) mass is 362 g/mol. The van der Waals surface area contributed by atoms with Crippen molar-refractivity contribution in [2.75, 3.05) is 6.61 Å². The Hall–Kier alpha value is -1.83. The minimum absolute atomic E-state index is 0.0386. The molecule has 2 heterocycles. The zero-order chi connectivity index (χ0) is 17.3. The first-order valence-electron chi connectivity index (χ1n) is 7.33. The van der Waals surface area contributed by atoms with Crippen molar-refractivity contribution in [1.29, 1.82) is 10.5 Å². The maximum atomic E-state index is 10.0. The Balaban J connectivity index is 1.94. The number of fused-ring (bicyclic) bond motifs is 2. The van der Waals surface area contributed by atoms with Gasteiger partial charge < -0.3 is 15.2 Å². The summed E-state index contributed by atoms with van der Waals surface area (Å²) in [6.45, 7) is 2.08. The van der Waals surface area contributed by atoms with Gasteiger partial charge in [0.25, 0.3) is 5.91 Å². The number of hydrogen-bond donors (Lipinski definition) is 1. The van der Waals surface area contributed by atoms with Gasteiger partial charge in [-0.1, -0.05) is 29.3 Å². The standard InChI is InChI=1S/C16H12Cl2N4O2/c1-8-5-23-16(24-8)15(7-20)12(14(15,6-19)13(21)22-16)10-3-2-9(17)4-11(10)18/h2-4,8,12H,5H2,1H3,(H2,21,22)/t8-,12-,14-,15-,16-/m1/s1.